The van der Waals surface area contributed by atoms with Crippen LogP contribution in [0.5, 0.6) is 0 Å². The number of carbonyl (C=O) groups is 1. The third-order valence-corrected chi connectivity index (χ3v) is 3.38. The molecule has 0 fully saturated rings. The van der Waals surface area contributed by atoms with E-state index in [9.17, 15) is 4.79 Å². The smallest absolute Gasteiger partial charge is 0.252 e. The Bertz CT molecular complexity index is 324. The molecule has 1 aromatic rings. The second kappa shape index (κ2) is 6.13. The molecule has 1 aromatic heterocycles. The summed E-state index contributed by atoms with van der Waals surface area (Å²) in [5, 5.41) is 6.84. The van der Waals surface area contributed by atoms with Gasteiger partial charge in [-0.3, -0.25) is 4.79 Å². The molecule has 0 aliphatic carbocycles. The van der Waals surface area contributed by atoms with Gasteiger partial charge in [-0.05, 0) is 37.6 Å². The standard InChI is InChI=1S/C11H16ClNOS/c1-8-6-15-7-10(8)11(14)13-9(2)4-3-5-12/h6-7,9H,3-5H2,1-2H3,(H,13,14). The van der Waals surface area contributed by atoms with E-state index in [1.807, 2.05) is 24.6 Å². The topological polar surface area (TPSA) is 29.1 Å². The van der Waals surface area contributed by atoms with Gasteiger partial charge in [-0.1, -0.05) is 0 Å². The van der Waals surface area contributed by atoms with Gasteiger partial charge >= 0.3 is 0 Å². The lowest BCUT2D eigenvalue weighted by Gasteiger charge is -2.12. The van der Waals surface area contributed by atoms with Crippen LogP contribution in [0.3, 0.4) is 0 Å². The number of halogens is 1. The molecule has 0 aliphatic rings. The Morgan fingerprint density at radius 2 is 2.33 bits per heavy atom. The minimum atomic E-state index is 0.0239. The van der Waals surface area contributed by atoms with Crippen molar-refractivity contribution in [2.75, 3.05) is 5.88 Å². The minimum absolute atomic E-state index is 0.0239. The molecule has 1 unspecified atom stereocenters. The van der Waals surface area contributed by atoms with Crippen LogP contribution in [0.25, 0.3) is 0 Å². The van der Waals surface area contributed by atoms with E-state index in [0.717, 1.165) is 24.0 Å². The lowest BCUT2D eigenvalue weighted by Crippen LogP contribution is -2.32. The normalized spacial score (nSPS) is 12.5. The average Bonchev–Trinajstić information content (AvgIpc) is 2.61. The molecule has 0 spiro atoms. The van der Waals surface area contributed by atoms with Crippen molar-refractivity contribution in [1.29, 1.82) is 0 Å². The number of hydrogen-bond acceptors (Lipinski definition) is 2. The van der Waals surface area contributed by atoms with Crippen molar-refractivity contribution in [2.24, 2.45) is 0 Å². The van der Waals surface area contributed by atoms with Crippen LogP contribution in [0.2, 0.25) is 0 Å². The SMILES string of the molecule is Cc1cscc1C(=O)NC(C)CCCCl. The molecule has 0 saturated carbocycles. The summed E-state index contributed by atoms with van der Waals surface area (Å²) in [6.45, 7) is 3.96. The number of thiophene rings is 1. The fourth-order valence-electron chi connectivity index (χ4n) is 1.35. The number of rotatable bonds is 5. The summed E-state index contributed by atoms with van der Waals surface area (Å²) in [6.07, 6.45) is 1.87. The van der Waals surface area contributed by atoms with Crippen molar-refractivity contribution < 1.29 is 4.79 Å². The zero-order valence-corrected chi connectivity index (χ0v) is 10.6. The zero-order valence-electron chi connectivity index (χ0n) is 9.05. The zero-order chi connectivity index (χ0) is 11.3. The summed E-state index contributed by atoms with van der Waals surface area (Å²) in [5.74, 6) is 0.674. The number of aryl methyl sites for hydroxylation is 1. The van der Waals surface area contributed by atoms with E-state index in [1.165, 1.54) is 0 Å². The largest absolute Gasteiger partial charge is 0.350 e. The van der Waals surface area contributed by atoms with Gasteiger partial charge in [0.15, 0.2) is 0 Å². The molecule has 0 aromatic carbocycles. The summed E-state index contributed by atoms with van der Waals surface area (Å²) in [4.78, 5) is 11.8. The summed E-state index contributed by atoms with van der Waals surface area (Å²) >= 11 is 7.15. The Morgan fingerprint density at radius 3 is 2.87 bits per heavy atom. The van der Waals surface area contributed by atoms with Crippen LogP contribution in [0.4, 0.5) is 0 Å². The molecule has 15 heavy (non-hydrogen) atoms. The second-order valence-corrected chi connectivity index (χ2v) is 4.80. The molecule has 84 valence electrons. The number of nitrogens with one attached hydrogen (secondary N) is 1. The highest BCUT2D eigenvalue weighted by atomic mass is 35.5. The van der Waals surface area contributed by atoms with E-state index in [2.05, 4.69) is 5.32 Å². The Kier molecular flexibility index (Phi) is 5.12. The second-order valence-electron chi connectivity index (χ2n) is 3.67. The molecule has 1 amide bonds. The van der Waals surface area contributed by atoms with Crippen LogP contribution in [-0.4, -0.2) is 17.8 Å². The van der Waals surface area contributed by atoms with Gasteiger partial charge in [-0.2, -0.15) is 11.3 Å². The van der Waals surface area contributed by atoms with Gasteiger partial charge in [0.25, 0.3) is 5.91 Å². The Labute approximate surface area is 99.6 Å². The molecule has 4 heteroatoms. The van der Waals surface area contributed by atoms with Gasteiger partial charge in [-0.25, -0.2) is 0 Å². The molecule has 0 radical (unpaired) electrons. The molecule has 0 bridgehead atoms. The fourth-order valence-corrected chi connectivity index (χ4v) is 2.33. The lowest BCUT2D eigenvalue weighted by molar-refractivity contribution is 0.0938. The maximum Gasteiger partial charge on any atom is 0.252 e. The first kappa shape index (κ1) is 12.5. The molecule has 1 rings (SSSR count). The van der Waals surface area contributed by atoms with Crippen molar-refractivity contribution in [3.05, 3.63) is 21.9 Å². The van der Waals surface area contributed by atoms with Crippen LogP contribution in [0, 0.1) is 6.92 Å². The lowest BCUT2D eigenvalue weighted by atomic mass is 10.1. The molecule has 1 heterocycles. The Balaban J connectivity index is 2.46. The van der Waals surface area contributed by atoms with Crippen LogP contribution in [0.15, 0.2) is 10.8 Å². The monoisotopic (exact) mass is 245 g/mol. The molecule has 0 aliphatic heterocycles. The minimum Gasteiger partial charge on any atom is -0.350 e. The maximum absolute atomic E-state index is 11.8. The van der Waals surface area contributed by atoms with Gasteiger partial charge in [-0.15, -0.1) is 11.6 Å². The first-order valence-electron chi connectivity index (χ1n) is 5.04. The summed E-state index contributed by atoms with van der Waals surface area (Å²) in [5.41, 5.74) is 1.83. The molecular weight excluding hydrogens is 230 g/mol. The predicted molar refractivity (Wildman–Crippen MR) is 65.9 cm³/mol. The molecular formula is C11H16ClNOS. The van der Waals surface area contributed by atoms with Crippen molar-refractivity contribution in [1.82, 2.24) is 5.32 Å². The van der Waals surface area contributed by atoms with E-state index in [-0.39, 0.29) is 11.9 Å². The van der Waals surface area contributed by atoms with Crippen LogP contribution >= 0.6 is 22.9 Å². The van der Waals surface area contributed by atoms with Crippen LogP contribution in [-0.2, 0) is 0 Å². The van der Waals surface area contributed by atoms with Crippen molar-refractivity contribution in [3.63, 3.8) is 0 Å². The van der Waals surface area contributed by atoms with Crippen molar-refractivity contribution >= 4 is 28.8 Å². The van der Waals surface area contributed by atoms with Gasteiger partial charge in [0, 0.05) is 17.3 Å². The molecule has 1 atom stereocenters. The van der Waals surface area contributed by atoms with Gasteiger partial charge in [0.2, 0.25) is 0 Å². The highest BCUT2D eigenvalue weighted by Gasteiger charge is 2.12. The number of amides is 1. The average molecular weight is 246 g/mol. The van der Waals surface area contributed by atoms with Gasteiger partial charge in [0.1, 0.15) is 0 Å². The summed E-state index contributed by atoms with van der Waals surface area (Å²) in [6, 6.07) is 0.190. The molecule has 0 saturated heterocycles. The van der Waals surface area contributed by atoms with E-state index in [4.69, 9.17) is 11.6 Å². The van der Waals surface area contributed by atoms with E-state index in [0.29, 0.717) is 5.88 Å². The first-order valence-corrected chi connectivity index (χ1v) is 6.52. The summed E-state index contributed by atoms with van der Waals surface area (Å²) in [7, 11) is 0. The third kappa shape index (κ3) is 3.84. The highest BCUT2D eigenvalue weighted by Crippen LogP contribution is 2.13. The number of alkyl halides is 1. The van der Waals surface area contributed by atoms with E-state index >= 15 is 0 Å². The Hall–Kier alpha value is -0.540. The van der Waals surface area contributed by atoms with Gasteiger partial charge < -0.3 is 5.32 Å². The maximum atomic E-state index is 11.8. The highest BCUT2D eigenvalue weighted by molar-refractivity contribution is 7.08. The fraction of sp³-hybridized carbons (Fsp3) is 0.545. The predicted octanol–water partition coefficient (Wildman–Crippen LogP) is 3.19. The Morgan fingerprint density at radius 1 is 1.60 bits per heavy atom. The first-order chi connectivity index (χ1) is 7.15. The van der Waals surface area contributed by atoms with Gasteiger partial charge in [0.05, 0.1) is 5.56 Å². The number of hydrogen-bond donors (Lipinski definition) is 1. The van der Waals surface area contributed by atoms with E-state index in [1.54, 1.807) is 11.3 Å². The quantitative estimate of drug-likeness (QED) is 0.794. The molecule has 2 nitrogen and oxygen atoms in total. The third-order valence-electron chi connectivity index (χ3n) is 2.25. The van der Waals surface area contributed by atoms with Crippen LogP contribution in [0.1, 0.15) is 35.7 Å². The van der Waals surface area contributed by atoms with Crippen LogP contribution < -0.4 is 5.32 Å². The van der Waals surface area contributed by atoms with Crippen molar-refractivity contribution in [2.45, 2.75) is 32.7 Å². The number of carbonyl (C=O) groups excluding carboxylic acids is 1. The molecule has 1 N–H and O–H groups in total. The van der Waals surface area contributed by atoms with E-state index < -0.39 is 0 Å². The summed E-state index contributed by atoms with van der Waals surface area (Å²) < 4.78 is 0. The van der Waals surface area contributed by atoms with Crippen molar-refractivity contribution in [3.8, 4) is 0 Å².